The highest BCUT2D eigenvalue weighted by atomic mass is 16.1. The average Bonchev–Trinajstić information content (AvgIpc) is 2.68. The summed E-state index contributed by atoms with van der Waals surface area (Å²) in [5.41, 5.74) is 4.48. The molecule has 0 aliphatic heterocycles. The van der Waals surface area contributed by atoms with Crippen LogP contribution in [-0.2, 0) is 13.0 Å². The standard InChI is InChI=1S/C20H20N4O/c1-2-16-7-3-4-8-18(16)24-17-9-10-19(22-14-17)20(25)23-13-15-6-5-11-21-12-15/h3-12,14,24H,2,13H2,1H3,(H,23,25). The van der Waals surface area contributed by atoms with Crippen LogP contribution in [0.1, 0.15) is 28.5 Å². The van der Waals surface area contributed by atoms with Crippen molar-refractivity contribution in [3.8, 4) is 0 Å². The van der Waals surface area contributed by atoms with Crippen molar-refractivity contribution in [1.82, 2.24) is 15.3 Å². The lowest BCUT2D eigenvalue weighted by molar-refractivity contribution is 0.0946. The number of benzene rings is 1. The molecule has 0 unspecified atom stereocenters. The number of hydrogen-bond donors (Lipinski definition) is 2. The van der Waals surface area contributed by atoms with Gasteiger partial charge < -0.3 is 10.6 Å². The van der Waals surface area contributed by atoms with E-state index in [0.717, 1.165) is 23.4 Å². The zero-order valence-electron chi connectivity index (χ0n) is 14.1. The maximum atomic E-state index is 12.2. The van der Waals surface area contributed by atoms with Gasteiger partial charge in [-0.2, -0.15) is 0 Å². The number of para-hydroxylation sites is 1. The second kappa shape index (κ2) is 8.06. The summed E-state index contributed by atoms with van der Waals surface area (Å²) < 4.78 is 0. The molecule has 25 heavy (non-hydrogen) atoms. The van der Waals surface area contributed by atoms with Gasteiger partial charge in [0.2, 0.25) is 0 Å². The number of aryl methyl sites for hydroxylation is 1. The van der Waals surface area contributed by atoms with E-state index in [-0.39, 0.29) is 5.91 Å². The molecule has 1 amide bonds. The molecule has 0 atom stereocenters. The van der Waals surface area contributed by atoms with Crippen LogP contribution in [0.2, 0.25) is 0 Å². The predicted molar refractivity (Wildman–Crippen MR) is 98.7 cm³/mol. The lowest BCUT2D eigenvalue weighted by atomic mass is 10.1. The third-order valence-corrected chi connectivity index (χ3v) is 3.85. The highest BCUT2D eigenvalue weighted by Gasteiger charge is 2.07. The largest absolute Gasteiger partial charge is 0.354 e. The number of nitrogens with zero attached hydrogens (tertiary/aromatic N) is 2. The highest BCUT2D eigenvalue weighted by Crippen LogP contribution is 2.20. The van der Waals surface area contributed by atoms with E-state index in [1.807, 2.05) is 36.4 Å². The maximum Gasteiger partial charge on any atom is 0.270 e. The van der Waals surface area contributed by atoms with Crippen molar-refractivity contribution in [3.05, 3.63) is 83.9 Å². The van der Waals surface area contributed by atoms with E-state index in [2.05, 4.69) is 33.6 Å². The molecular formula is C20H20N4O. The summed E-state index contributed by atoms with van der Waals surface area (Å²) >= 11 is 0. The Balaban J connectivity index is 1.62. The van der Waals surface area contributed by atoms with Crippen LogP contribution in [-0.4, -0.2) is 15.9 Å². The number of aromatic nitrogens is 2. The fourth-order valence-electron chi connectivity index (χ4n) is 2.48. The van der Waals surface area contributed by atoms with Gasteiger partial charge in [0.25, 0.3) is 5.91 Å². The van der Waals surface area contributed by atoms with Crippen LogP contribution in [0.25, 0.3) is 0 Å². The number of rotatable bonds is 6. The summed E-state index contributed by atoms with van der Waals surface area (Å²) in [6, 6.07) is 15.5. The molecule has 0 radical (unpaired) electrons. The van der Waals surface area contributed by atoms with Crippen molar-refractivity contribution >= 4 is 17.3 Å². The first-order valence-electron chi connectivity index (χ1n) is 8.24. The van der Waals surface area contributed by atoms with Gasteiger partial charge in [-0.25, -0.2) is 4.98 Å². The van der Waals surface area contributed by atoms with Gasteiger partial charge >= 0.3 is 0 Å². The Bertz CT molecular complexity index is 832. The van der Waals surface area contributed by atoms with Gasteiger partial charge in [0.05, 0.1) is 11.9 Å². The molecule has 3 aromatic rings. The molecule has 0 fully saturated rings. The Kier molecular flexibility index (Phi) is 5.36. The third-order valence-electron chi connectivity index (χ3n) is 3.85. The normalized spacial score (nSPS) is 10.3. The van der Waals surface area contributed by atoms with Crippen molar-refractivity contribution in [1.29, 1.82) is 0 Å². The molecular weight excluding hydrogens is 312 g/mol. The number of hydrogen-bond acceptors (Lipinski definition) is 4. The Hall–Kier alpha value is -3.21. The van der Waals surface area contributed by atoms with Crippen molar-refractivity contribution in [3.63, 3.8) is 0 Å². The first-order chi connectivity index (χ1) is 12.3. The smallest absolute Gasteiger partial charge is 0.270 e. The molecule has 126 valence electrons. The number of pyridine rings is 2. The molecule has 0 spiro atoms. The molecule has 0 aliphatic rings. The van der Waals surface area contributed by atoms with Gasteiger partial charge in [0.15, 0.2) is 0 Å². The van der Waals surface area contributed by atoms with E-state index in [4.69, 9.17) is 0 Å². The van der Waals surface area contributed by atoms with Gasteiger partial charge in [0, 0.05) is 24.6 Å². The van der Waals surface area contributed by atoms with E-state index >= 15 is 0 Å². The number of carbonyl (C=O) groups excluding carboxylic acids is 1. The monoisotopic (exact) mass is 332 g/mol. The zero-order chi connectivity index (χ0) is 17.5. The highest BCUT2D eigenvalue weighted by molar-refractivity contribution is 5.92. The Morgan fingerprint density at radius 3 is 2.64 bits per heavy atom. The number of amides is 1. The Labute approximate surface area is 147 Å². The molecule has 0 saturated heterocycles. The second-order valence-corrected chi connectivity index (χ2v) is 5.61. The van der Waals surface area contributed by atoms with E-state index in [9.17, 15) is 4.79 Å². The van der Waals surface area contributed by atoms with Crippen LogP contribution < -0.4 is 10.6 Å². The Morgan fingerprint density at radius 1 is 1.04 bits per heavy atom. The molecule has 1 aromatic carbocycles. The average molecular weight is 332 g/mol. The molecule has 5 heteroatoms. The molecule has 2 heterocycles. The van der Waals surface area contributed by atoms with Crippen LogP contribution >= 0.6 is 0 Å². The Morgan fingerprint density at radius 2 is 1.92 bits per heavy atom. The predicted octanol–water partition coefficient (Wildman–Crippen LogP) is 3.71. The molecule has 0 aliphatic carbocycles. The van der Waals surface area contributed by atoms with Gasteiger partial charge in [0.1, 0.15) is 5.69 Å². The minimum atomic E-state index is -0.204. The van der Waals surface area contributed by atoms with Crippen LogP contribution in [0.15, 0.2) is 67.1 Å². The molecule has 2 N–H and O–H groups in total. The number of nitrogens with one attached hydrogen (secondary N) is 2. The summed E-state index contributed by atoms with van der Waals surface area (Å²) in [5, 5.41) is 6.19. The minimum Gasteiger partial charge on any atom is -0.354 e. The summed E-state index contributed by atoms with van der Waals surface area (Å²) in [7, 11) is 0. The van der Waals surface area contributed by atoms with Gasteiger partial charge in [-0.3, -0.25) is 9.78 Å². The number of anilines is 2. The van der Waals surface area contributed by atoms with Crippen molar-refractivity contribution in [2.24, 2.45) is 0 Å². The first kappa shape index (κ1) is 16.6. The molecule has 0 bridgehead atoms. The fraction of sp³-hybridized carbons (Fsp3) is 0.150. The van der Waals surface area contributed by atoms with Crippen LogP contribution in [0.4, 0.5) is 11.4 Å². The quantitative estimate of drug-likeness (QED) is 0.722. The van der Waals surface area contributed by atoms with Crippen LogP contribution in [0, 0.1) is 0 Å². The van der Waals surface area contributed by atoms with Crippen LogP contribution in [0.5, 0.6) is 0 Å². The zero-order valence-corrected chi connectivity index (χ0v) is 14.1. The van der Waals surface area contributed by atoms with Crippen molar-refractivity contribution in [2.75, 3.05) is 5.32 Å². The van der Waals surface area contributed by atoms with E-state index in [1.54, 1.807) is 24.7 Å². The summed E-state index contributed by atoms with van der Waals surface area (Å²) in [4.78, 5) is 20.5. The van der Waals surface area contributed by atoms with E-state index in [1.165, 1.54) is 5.56 Å². The van der Waals surface area contributed by atoms with Crippen molar-refractivity contribution in [2.45, 2.75) is 19.9 Å². The van der Waals surface area contributed by atoms with E-state index in [0.29, 0.717) is 12.2 Å². The molecule has 0 saturated carbocycles. The fourth-order valence-corrected chi connectivity index (χ4v) is 2.48. The SMILES string of the molecule is CCc1ccccc1Nc1ccc(C(=O)NCc2cccnc2)nc1. The first-order valence-corrected chi connectivity index (χ1v) is 8.24. The van der Waals surface area contributed by atoms with Gasteiger partial charge in [-0.15, -0.1) is 0 Å². The maximum absolute atomic E-state index is 12.2. The molecule has 3 rings (SSSR count). The lowest BCUT2D eigenvalue weighted by Gasteiger charge is -2.11. The van der Waals surface area contributed by atoms with E-state index < -0.39 is 0 Å². The van der Waals surface area contributed by atoms with Gasteiger partial charge in [-0.05, 0) is 41.8 Å². The minimum absolute atomic E-state index is 0.204. The summed E-state index contributed by atoms with van der Waals surface area (Å²) in [6.07, 6.45) is 6.05. The summed E-state index contributed by atoms with van der Waals surface area (Å²) in [6.45, 7) is 2.55. The lowest BCUT2D eigenvalue weighted by Crippen LogP contribution is -2.23. The summed E-state index contributed by atoms with van der Waals surface area (Å²) in [5.74, 6) is -0.204. The number of carbonyl (C=O) groups is 1. The third kappa shape index (κ3) is 4.41. The second-order valence-electron chi connectivity index (χ2n) is 5.61. The molecule has 2 aromatic heterocycles. The van der Waals surface area contributed by atoms with Crippen LogP contribution in [0.3, 0.4) is 0 Å². The molecule has 5 nitrogen and oxygen atoms in total. The van der Waals surface area contributed by atoms with Crippen molar-refractivity contribution < 1.29 is 4.79 Å². The topological polar surface area (TPSA) is 66.9 Å². The van der Waals surface area contributed by atoms with Gasteiger partial charge in [-0.1, -0.05) is 31.2 Å².